The Bertz CT molecular complexity index is 940. The maximum Gasteiger partial charge on any atom is 0.387 e. The zero-order valence-corrected chi connectivity index (χ0v) is 16.3. The van der Waals surface area contributed by atoms with Crippen molar-refractivity contribution in [3.05, 3.63) is 64.7 Å². The van der Waals surface area contributed by atoms with Gasteiger partial charge in [0.2, 0.25) is 0 Å². The quantitative estimate of drug-likeness (QED) is 0.585. The molecule has 1 saturated heterocycles. The number of urea groups is 1. The van der Waals surface area contributed by atoms with Gasteiger partial charge < -0.3 is 10.1 Å². The van der Waals surface area contributed by atoms with Gasteiger partial charge in [-0.3, -0.25) is 4.79 Å². The number of imide groups is 1. The number of carbonyl (C=O) groups is 2. The van der Waals surface area contributed by atoms with Crippen LogP contribution in [-0.4, -0.2) is 29.8 Å². The SMILES string of the molecule is CC[C@@]1(c2ccccc2)NC(=O)N(/N=C\c2cc(C)c(OC(F)F)c(C)c2)C1=O. The maximum atomic E-state index is 13.0. The molecule has 29 heavy (non-hydrogen) atoms. The minimum atomic E-state index is -2.92. The number of nitrogens with one attached hydrogen (secondary N) is 1. The molecule has 3 amide bonds. The fourth-order valence-corrected chi connectivity index (χ4v) is 3.49. The number of hydrazone groups is 1. The zero-order valence-electron chi connectivity index (χ0n) is 16.3. The van der Waals surface area contributed by atoms with Crippen molar-refractivity contribution in [1.82, 2.24) is 10.3 Å². The third-order valence-electron chi connectivity index (χ3n) is 4.88. The molecule has 3 rings (SSSR count). The first-order valence-corrected chi connectivity index (χ1v) is 9.10. The number of hydrogen-bond donors (Lipinski definition) is 1. The summed E-state index contributed by atoms with van der Waals surface area (Å²) in [5.41, 5.74) is 1.05. The van der Waals surface area contributed by atoms with Gasteiger partial charge in [-0.15, -0.1) is 5.01 Å². The molecule has 0 aliphatic carbocycles. The number of nitrogens with zero attached hydrogens (tertiary/aromatic N) is 2. The lowest BCUT2D eigenvalue weighted by molar-refractivity contribution is -0.131. The average molecular weight is 401 g/mol. The second-order valence-corrected chi connectivity index (χ2v) is 6.78. The number of aryl methyl sites for hydroxylation is 2. The zero-order chi connectivity index (χ0) is 21.2. The Balaban J connectivity index is 1.88. The first-order valence-electron chi connectivity index (χ1n) is 9.10. The van der Waals surface area contributed by atoms with Gasteiger partial charge in [0.1, 0.15) is 11.3 Å². The van der Waals surface area contributed by atoms with Crippen molar-refractivity contribution in [1.29, 1.82) is 0 Å². The summed E-state index contributed by atoms with van der Waals surface area (Å²) in [6.45, 7) is 2.16. The molecule has 1 atom stereocenters. The van der Waals surface area contributed by atoms with Gasteiger partial charge in [-0.1, -0.05) is 37.3 Å². The van der Waals surface area contributed by atoms with Crippen molar-refractivity contribution in [2.24, 2.45) is 5.10 Å². The molecule has 1 aliphatic heterocycles. The monoisotopic (exact) mass is 401 g/mol. The van der Waals surface area contributed by atoms with Crippen molar-refractivity contribution < 1.29 is 23.1 Å². The molecular formula is C21H21F2N3O3. The molecule has 6 nitrogen and oxygen atoms in total. The lowest BCUT2D eigenvalue weighted by Crippen LogP contribution is -2.43. The van der Waals surface area contributed by atoms with Crippen molar-refractivity contribution in [2.45, 2.75) is 39.3 Å². The van der Waals surface area contributed by atoms with Crippen LogP contribution in [0.5, 0.6) is 5.75 Å². The second-order valence-electron chi connectivity index (χ2n) is 6.78. The topological polar surface area (TPSA) is 71.0 Å². The van der Waals surface area contributed by atoms with E-state index < -0.39 is 24.1 Å². The van der Waals surface area contributed by atoms with Crippen molar-refractivity contribution in [3.8, 4) is 5.75 Å². The molecule has 152 valence electrons. The van der Waals surface area contributed by atoms with Crippen LogP contribution in [-0.2, 0) is 10.3 Å². The second kappa shape index (κ2) is 7.98. The molecule has 0 bridgehead atoms. The van der Waals surface area contributed by atoms with Gasteiger partial charge in [0, 0.05) is 0 Å². The highest BCUT2D eigenvalue weighted by atomic mass is 19.3. The van der Waals surface area contributed by atoms with Gasteiger partial charge in [0.25, 0.3) is 5.91 Å². The number of halogens is 2. The fraction of sp³-hybridized carbons (Fsp3) is 0.286. The molecule has 0 aromatic heterocycles. The summed E-state index contributed by atoms with van der Waals surface area (Å²) in [6, 6.07) is 11.6. The molecule has 0 spiro atoms. The summed E-state index contributed by atoms with van der Waals surface area (Å²) < 4.78 is 29.6. The van der Waals surface area contributed by atoms with E-state index in [9.17, 15) is 18.4 Å². The lowest BCUT2D eigenvalue weighted by Gasteiger charge is -2.24. The smallest absolute Gasteiger partial charge is 0.387 e. The first-order chi connectivity index (χ1) is 13.8. The highest BCUT2D eigenvalue weighted by Gasteiger charge is 2.51. The number of ether oxygens (including phenoxy) is 1. The molecule has 2 aromatic rings. The Kier molecular flexibility index (Phi) is 5.63. The van der Waals surface area contributed by atoms with E-state index in [4.69, 9.17) is 0 Å². The van der Waals surface area contributed by atoms with Crippen LogP contribution >= 0.6 is 0 Å². The van der Waals surface area contributed by atoms with Crippen LogP contribution < -0.4 is 10.1 Å². The molecule has 1 aliphatic rings. The first kappa shape index (κ1) is 20.4. The molecule has 1 heterocycles. The molecule has 8 heteroatoms. The van der Waals surface area contributed by atoms with Crippen molar-refractivity contribution in [3.63, 3.8) is 0 Å². The van der Waals surface area contributed by atoms with Crippen molar-refractivity contribution >= 4 is 18.2 Å². The summed E-state index contributed by atoms with van der Waals surface area (Å²) in [6.07, 6.45) is 1.71. The van der Waals surface area contributed by atoms with Crippen LogP contribution in [0.4, 0.5) is 13.6 Å². The minimum Gasteiger partial charge on any atom is -0.434 e. The summed E-state index contributed by atoms with van der Waals surface area (Å²) in [4.78, 5) is 25.5. The summed E-state index contributed by atoms with van der Waals surface area (Å²) in [5.74, 6) is -0.375. The highest BCUT2D eigenvalue weighted by Crippen LogP contribution is 2.32. The van der Waals surface area contributed by atoms with Gasteiger partial charge in [0.05, 0.1) is 6.21 Å². The van der Waals surface area contributed by atoms with E-state index in [-0.39, 0.29) is 5.75 Å². The Morgan fingerprint density at radius 2 is 1.79 bits per heavy atom. The standard InChI is InChI=1S/C21H21F2N3O3/c1-4-21(16-8-6-5-7-9-16)18(27)26(20(28)25-21)24-12-15-10-13(2)17(14(3)11-15)29-19(22)23/h5-12,19H,4H2,1-3H3,(H,25,28)/b24-12-/t21-/m0/s1. The van der Waals surface area contributed by atoms with Gasteiger partial charge >= 0.3 is 12.6 Å². The number of alkyl halides is 2. The maximum absolute atomic E-state index is 13.0. The Morgan fingerprint density at radius 1 is 1.17 bits per heavy atom. The van der Waals surface area contributed by atoms with E-state index in [1.807, 2.05) is 13.0 Å². The summed E-state index contributed by atoms with van der Waals surface area (Å²) >= 11 is 0. The number of hydrogen-bond acceptors (Lipinski definition) is 4. The molecule has 0 unspecified atom stereocenters. The van der Waals surface area contributed by atoms with Crippen LogP contribution in [0.3, 0.4) is 0 Å². The predicted molar refractivity (Wildman–Crippen MR) is 104 cm³/mol. The summed E-state index contributed by atoms with van der Waals surface area (Å²) in [5, 5.41) is 7.59. The van der Waals surface area contributed by atoms with Crippen LogP contribution in [0.2, 0.25) is 0 Å². The van der Waals surface area contributed by atoms with Gasteiger partial charge in [-0.2, -0.15) is 13.9 Å². The van der Waals surface area contributed by atoms with Crippen molar-refractivity contribution in [2.75, 3.05) is 0 Å². The number of carbonyl (C=O) groups excluding carboxylic acids is 2. The van der Waals surface area contributed by atoms with E-state index in [1.165, 1.54) is 6.21 Å². The third kappa shape index (κ3) is 3.83. The Morgan fingerprint density at radius 3 is 2.34 bits per heavy atom. The number of benzene rings is 2. The molecule has 0 saturated carbocycles. The van der Waals surface area contributed by atoms with E-state index in [0.717, 1.165) is 5.01 Å². The molecule has 1 fully saturated rings. The van der Waals surface area contributed by atoms with Crippen LogP contribution in [0.1, 0.15) is 35.6 Å². The Hall–Kier alpha value is -3.29. The fourth-order valence-electron chi connectivity index (χ4n) is 3.49. The van der Waals surface area contributed by atoms with Gasteiger partial charge in [-0.05, 0) is 54.7 Å². The Labute approximate surface area is 167 Å². The van der Waals surface area contributed by atoms with Gasteiger partial charge in [0.15, 0.2) is 0 Å². The van der Waals surface area contributed by atoms with E-state index >= 15 is 0 Å². The largest absolute Gasteiger partial charge is 0.434 e. The molecular weight excluding hydrogens is 380 g/mol. The third-order valence-corrected chi connectivity index (χ3v) is 4.88. The van der Waals surface area contributed by atoms with E-state index in [0.29, 0.717) is 28.7 Å². The molecule has 1 N–H and O–H groups in total. The highest BCUT2D eigenvalue weighted by molar-refractivity contribution is 6.07. The normalized spacial score (nSPS) is 19.3. The van der Waals surface area contributed by atoms with Crippen LogP contribution in [0, 0.1) is 13.8 Å². The predicted octanol–water partition coefficient (Wildman–Crippen LogP) is 4.10. The van der Waals surface area contributed by atoms with Gasteiger partial charge in [-0.25, -0.2) is 4.79 Å². The molecule has 0 radical (unpaired) electrons. The number of rotatable bonds is 6. The van der Waals surface area contributed by atoms with Crippen LogP contribution in [0.15, 0.2) is 47.6 Å². The minimum absolute atomic E-state index is 0.0984. The van der Waals surface area contributed by atoms with E-state index in [1.54, 1.807) is 50.2 Å². The van der Waals surface area contributed by atoms with E-state index in [2.05, 4.69) is 15.2 Å². The lowest BCUT2D eigenvalue weighted by atomic mass is 9.87. The molecule has 2 aromatic carbocycles. The van der Waals surface area contributed by atoms with Crippen LogP contribution in [0.25, 0.3) is 0 Å². The summed E-state index contributed by atoms with van der Waals surface area (Å²) in [7, 11) is 0. The average Bonchev–Trinajstić information content (AvgIpc) is 2.94. The number of amides is 3.